The molecule has 0 heterocycles. The maximum absolute atomic E-state index is 11.4. The van der Waals surface area contributed by atoms with Gasteiger partial charge in [0, 0.05) is 25.5 Å². The van der Waals surface area contributed by atoms with Gasteiger partial charge in [0.2, 0.25) is 0 Å². The zero-order valence-corrected chi connectivity index (χ0v) is 10.9. The Balaban J connectivity index is 2.69. The molecule has 0 atom stereocenters. The van der Waals surface area contributed by atoms with Crippen molar-refractivity contribution in [2.45, 2.75) is 20.3 Å². The van der Waals surface area contributed by atoms with Gasteiger partial charge in [-0.3, -0.25) is 5.32 Å². The number of hydrogen-bond donors (Lipinski definition) is 1. The van der Waals surface area contributed by atoms with E-state index in [0.29, 0.717) is 6.61 Å². The minimum absolute atomic E-state index is 0.396. The van der Waals surface area contributed by atoms with Crippen molar-refractivity contribution in [3.63, 3.8) is 0 Å². The average Bonchev–Trinajstić information content (AvgIpc) is 2.28. The number of amides is 1. The quantitative estimate of drug-likeness (QED) is 0.873. The van der Waals surface area contributed by atoms with Crippen molar-refractivity contribution in [2.75, 3.05) is 30.9 Å². The van der Waals surface area contributed by atoms with Crippen molar-refractivity contribution in [2.24, 2.45) is 0 Å². The maximum atomic E-state index is 11.4. The third kappa shape index (κ3) is 3.98. The monoisotopic (exact) mass is 236 g/mol. The van der Waals surface area contributed by atoms with Crippen LogP contribution < -0.4 is 10.2 Å². The van der Waals surface area contributed by atoms with E-state index in [9.17, 15) is 4.79 Å². The number of aryl methyl sites for hydroxylation is 1. The van der Waals surface area contributed by atoms with Crippen LogP contribution in [0.3, 0.4) is 0 Å². The lowest BCUT2D eigenvalue weighted by Crippen LogP contribution is -2.15. The first-order chi connectivity index (χ1) is 8.04. The molecule has 1 N–H and O–H groups in total. The molecule has 0 unspecified atom stereocenters. The summed E-state index contributed by atoms with van der Waals surface area (Å²) in [5, 5.41) is 2.73. The zero-order valence-electron chi connectivity index (χ0n) is 10.9. The standard InChI is InChI=1S/C13H20N2O2/c1-5-8-17-13(16)14-12-7-6-11(15(3)4)9-10(12)2/h6-7,9H,5,8H2,1-4H3,(H,14,16). The average molecular weight is 236 g/mol. The van der Waals surface area contributed by atoms with Crippen molar-refractivity contribution in [3.8, 4) is 0 Å². The van der Waals surface area contributed by atoms with E-state index in [1.807, 2.05) is 51.0 Å². The van der Waals surface area contributed by atoms with E-state index in [1.54, 1.807) is 0 Å². The van der Waals surface area contributed by atoms with Crippen LogP contribution >= 0.6 is 0 Å². The van der Waals surface area contributed by atoms with Crippen LogP contribution in [0.5, 0.6) is 0 Å². The molecule has 0 bridgehead atoms. The molecular weight excluding hydrogens is 216 g/mol. The first-order valence-corrected chi connectivity index (χ1v) is 5.76. The Kier molecular flexibility index (Phi) is 4.82. The second-order valence-corrected chi connectivity index (χ2v) is 4.15. The zero-order chi connectivity index (χ0) is 12.8. The number of benzene rings is 1. The molecule has 0 aliphatic carbocycles. The summed E-state index contributed by atoms with van der Waals surface area (Å²) in [6.07, 6.45) is 0.430. The Morgan fingerprint density at radius 2 is 2.12 bits per heavy atom. The van der Waals surface area contributed by atoms with Crippen molar-refractivity contribution in [3.05, 3.63) is 23.8 Å². The highest BCUT2D eigenvalue weighted by Gasteiger charge is 2.06. The van der Waals surface area contributed by atoms with Crippen molar-refractivity contribution >= 4 is 17.5 Å². The third-order valence-electron chi connectivity index (χ3n) is 2.40. The van der Waals surface area contributed by atoms with Crippen LogP contribution in [0.15, 0.2) is 18.2 Å². The molecule has 0 fully saturated rings. The molecule has 0 aromatic heterocycles. The van der Waals surface area contributed by atoms with Crippen LogP contribution in [0.2, 0.25) is 0 Å². The number of hydrogen-bond acceptors (Lipinski definition) is 3. The van der Waals surface area contributed by atoms with Gasteiger partial charge in [-0.25, -0.2) is 4.79 Å². The van der Waals surface area contributed by atoms with Gasteiger partial charge >= 0.3 is 6.09 Å². The summed E-state index contributed by atoms with van der Waals surface area (Å²) in [6.45, 7) is 4.37. The van der Waals surface area contributed by atoms with E-state index >= 15 is 0 Å². The van der Waals surface area contributed by atoms with Gasteiger partial charge in [0.15, 0.2) is 0 Å². The van der Waals surface area contributed by atoms with Crippen LogP contribution in [0, 0.1) is 6.92 Å². The Morgan fingerprint density at radius 3 is 2.65 bits per heavy atom. The summed E-state index contributed by atoms with van der Waals surface area (Å²) in [5.74, 6) is 0. The van der Waals surface area contributed by atoms with Crippen molar-refractivity contribution in [1.29, 1.82) is 0 Å². The van der Waals surface area contributed by atoms with Crippen LogP contribution in [0.1, 0.15) is 18.9 Å². The smallest absolute Gasteiger partial charge is 0.411 e. The second kappa shape index (κ2) is 6.13. The molecule has 0 aliphatic rings. The lowest BCUT2D eigenvalue weighted by Gasteiger charge is -2.15. The number of ether oxygens (including phenoxy) is 1. The van der Waals surface area contributed by atoms with Crippen LogP contribution in [0.4, 0.5) is 16.2 Å². The first-order valence-electron chi connectivity index (χ1n) is 5.76. The summed E-state index contributed by atoms with van der Waals surface area (Å²) in [5.41, 5.74) is 2.91. The topological polar surface area (TPSA) is 41.6 Å². The maximum Gasteiger partial charge on any atom is 0.411 e. The SMILES string of the molecule is CCCOC(=O)Nc1ccc(N(C)C)cc1C. The summed E-state index contributed by atoms with van der Waals surface area (Å²) in [7, 11) is 3.97. The second-order valence-electron chi connectivity index (χ2n) is 4.15. The van der Waals surface area contributed by atoms with E-state index < -0.39 is 6.09 Å². The highest BCUT2D eigenvalue weighted by Crippen LogP contribution is 2.21. The van der Waals surface area contributed by atoms with Gasteiger partial charge < -0.3 is 9.64 Å². The fourth-order valence-electron chi connectivity index (χ4n) is 1.41. The molecule has 0 saturated carbocycles. The van der Waals surface area contributed by atoms with E-state index in [-0.39, 0.29) is 0 Å². The fourth-order valence-corrected chi connectivity index (χ4v) is 1.41. The van der Waals surface area contributed by atoms with E-state index in [2.05, 4.69) is 5.32 Å². The number of rotatable bonds is 4. The molecular formula is C13H20N2O2. The van der Waals surface area contributed by atoms with E-state index in [4.69, 9.17) is 4.74 Å². The van der Waals surface area contributed by atoms with E-state index in [1.165, 1.54) is 0 Å². The molecule has 0 aliphatic heterocycles. The summed E-state index contributed by atoms with van der Waals surface area (Å²) in [4.78, 5) is 13.4. The number of anilines is 2. The Bertz CT molecular complexity index is 389. The highest BCUT2D eigenvalue weighted by atomic mass is 16.5. The van der Waals surface area contributed by atoms with E-state index in [0.717, 1.165) is 23.4 Å². The Morgan fingerprint density at radius 1 is 1.41 bits per heavy atom. The molecule has 0 spiro atoms. The number of carbonyl (C=O) groups excluding carboxylic acids is 1. The van der Waals surface area contributed by atoms with Gasteiger partial charge in [0.25, 0.3) is 0 Å². The highest BCUT2D eigenvalue weighted by molar-refractivity contribution is 5.86. The van der Waals surface area contributed by atoms with Gasteiger partial charge in [-0.05, 0) is 37.1 Å². The van der Waals surface area contributed by atoms with Crippen molar-refractivity contribution < 1.29 is 9.53 Å². The van der Waals surface area contributed by atoms with Gasteiger partial charge in [-0.2, -0.15) is 0 Å². The Labute approximate surface area is 103 Å². The molecule has 0 radical (unpaired) electrons. The van der Waals surface area contributed by atoms with Gasteiger partial charge in [0.05, 0.1) is 6.61 Å². The summed E-state index contributed by atoms with van der Waals surface area (Å²) < 4.78 is 4.97. The molecule has 1 amide bonds. The largest absolute Gasteiger partial charge is 0.449 e. The first kappa shape index (κ1) is 13.4. The van der Waals surface area contributed by atoms with Gasteiger partial charge in [-0.1, -0.05) is 6.92 Å². The Hall–Kier alpha value is -1.71. The lowest BCUT2D eigenvalue weighted by molar-refractivity contribution is 0.161. The van der Waals surface area contributed by atoms with Crippen LogP contribution in [-0.4, -0.2) is 26.8 Å². The van der Waals surface area contributed by atoms with Crippen LogP contribution in [0.25, 0.3) is 0 Å². The summed E-state index contributed by atoms with van der Waals surface area (Å²) in [6, 6.07) is 5.87. The fraction of sp³-hybridized carbons (Fsp3) is 0.462. The predicted octanol–water partition coefficient (Wildman–Crippen LogP) is 3.02. The summed E-state index contributed by atoms with van der Waals surface area (Å²) >= 11 is 0. The van der Waals surface area contributed by atoms with Gasteiger partial charge in [-0.15, -0.1) is 0 Å². The minimum Gasteiger partial charge on any atom is -0.449 e. The number of carbonyl (C=O) groups is 1. The molecule has 0 saturated heterocycles. The molecule has 94 valence electrons. The molecule has 1 aromatic carbocycles. The predicted molar refractivity (Wildman–Crippen MR) is 70.8 cm³/mol. The lowest BCUT2D eigenvalue weighted by atomic mass is 10.1. The molecule has 1 aromatic rings. The van der Waals surface area contributed by atoms with Gasteiger partial charge in [0.1, 0.15) is 0 Å². The normalized spacial score (nSPS) is 9.88. The third-order valence-corrected chi connectivity index (χ3v) is 2.40. The molecule has 17 heavy (non-hydrogen) atoms. The van der Waals surface area contributed by atoms with Crippen LogP contribution in [-0.2, 0) is 4.74 Å². The number of nitrogens with one attached hydrogen (secondary N) is 1. The minimum atomic E-state index is -0.396. The molecule has 4 heteroatoms. The number of nitrogens with zero attached hydrogens (tertiary/aromatic N) is 1. The molecule has 4 nitrogen and oxygen atoms in total. The molecule has 1 rings (SSSR count). The van der Waals surface area contributed by atoms with Crippen molar-refractivity contribution in [1.82, 2.24) is 0 Å².